The fourth-order valence-electron chi connectivity index (χ4n) is 0.987. The summed E-state index contributed by atoms with van der Waals surface area (Å²) >= 11 is 0. The molecule has 0 aliphatic carbocycles. The van der Waals surface area contributed by atoms with Crippen LogP contribution in [0.15, 0.2) is 28.7 Å². The summed E-state index contributed by atoms with van der Waals surface area (Å²) in [6.45, 7) is 1.85. The second-order valence-electron chi connectivity index (χ2n) is 2.20. The molecular formula is C8H8NNaO. The third-order valence-electron chi connectivity index (χ3n) is 1.40. The maximum Gasteiger partial charge on any atom is 1.00 e. The summed E-state index contributed by atoms with van der Waals surface area (Å²) < 4.78 is 5.26. The molecule has 52 valence electrons. The van der Waals surface area contributed by atoms with Crippen LogP contribution in [-0.4, -0.2) is 4.98 Å². The second-order valence-corrected chi connectivity index (χ2v) is 2.20. The Hall–Kier alpha value is -0.310. The van der Waals surface area contributed by atoms with Crippen LogP contribution >= 0.6 is 0 Å². The average molecular weight is 157 g/mol. The third-order valence-corrected chi connectivity index (χ3v) is 1.40. The number of oxazole rings is 1. The van der Waals surface area contributed by atoms with Gasteiger partial charge < -0.3 is 5.84 Å². The number of nitrogens with zero attached hydrogens (tertiary/aromatic N) is 1. The molecule has 0 N–H and O–H groups in total. The summed E-state index contributed by atoms with van der Waals surface area (Å²) in [6.07, 6.45) is 0. The summed E-state index contributed by atoms with van der Waals surface area (Å²) in [7, 11) is 0. The summed E-state index contributed by atoms with van der Waals surface area (Å²) in [6, 6.07) is 7.73. The Labute approximate surface area is 88.4 Å². The summed E-state index contributed by atoms with van der Waals surface area (Å²) in [5.74, 6) is 0.723. The predicted molar refractivity (Wildman–Crippen MR) is 39.9 cm³/mol. The van der Waals surface area contributed by atoms with Gasteiger partial charge in [0.1, 0.15) is 5.52 Å². The number of aryl methyl sites for hydroxylation is 1. The maximum atomic E-state index is 5.26. The van der Waals surface area contributed by atoms with Gasteiger partial charge in [0.2, 0.25) is 0 Å². The van der Waals surface area contributed by atoms with Crippen LogP contribution in [0.5, 0.6) is 0 Å². The van der Waals surface area contributed by atoms with Crippen LogP contribution in [0.25, 0.3) is 11.1 Å². The van der Waals surface area contributed by atoms with Crippen LogP contribution in [0.3, 0.4) is 0 Å². The van der Waals surface area contributed by atoms with Crippen molar-refractivity contribution in [3.63, 3.8) is 0 Å². The molecule has 0 aliphatic rings. The normalized spacial score (nSPS) is 9.55. The van der Waals surface area contributed by atoms with E-state index < -0.39 is 0 Å². The van der Waals surface area contributed by atoms with Gasteiger partial charge in [-0.2, -0.15) is 0 Å². The monoisotopic (exact) mass is 157 g/mol. The average Bonchev–Trinajstić information content (AvgIpc) is 2.27. The van der Waals surface area contributed by atoms with Crippen molar-refractivity contribution in [3.8, 4) is 0 Å². The van der Waals surface area contributed by atoms with Crippen LogP contribution in [0.4, 0.5) is 0 Å². The minimum absolute atomic E-state index is 0. The van der Waals surface area contributed by atoms with E-state index in [1.807, 2.05) is 31.2 Å². The van der Waals surface area contributed by atoms with Crippen molar-refractivity contribution >= 4 is 11.1 Å². The molecule has 3 heteroatoms. The Balaban J connectivity index is 0.000000605. The zero-order valence-corrected chi connectivity index (χ0v) is 8.66. The fraction of sp³-hybridized carbons (Fsp3) is 0.125. The number of para-hydroxylation sites is 2. The summed E-state index contributed by atoms with van der Waals surface area (Å²) in [5, 5.41) is 0. The van der Waals surface area contributed by atoms with Crippen LogP contribution in [0, 0.1) is 6.92 Å². The van der Waals surface area contributed by atoms with Crippen molar-refractivity contribution in [1.82, 2.24) is 4.98 Å². The van der Waals surface area contributed by atoms with Crippen LogP contribution < -0.4 is 29.6 Å². The predicted octanol–water partition coefficient (Wildman–Crippen LogP) is -0.747. The molecule has 0 saturated carbocycles. The molecular weight excluding hydrogens is 149 g/mol. The fourth-order valence-corrected chi connectivity index (χ4v) is 0.987. The summed E-state index contributed by atoms with van der Waals surface area (Å²) in [5.41, 5.74) is 1.79. The Bertz CT molecular complexity index is 328. The molecule has 11 heavy (non-hydrogen) atoms. The second kappa shape index (κ2) is 3.39. The first-order valence-corrected chi connectivity index (χ1v) is 3.18. The SMILES string of the molecule is Cc1nc2ccccc2o1.[H-].[Na+]. The molecule has 2 rings (SSSR count). The molecule has 0 atom stereocenters. The molecule has 0 unspecified atom stereocenters. The van der Waals surface area contributed by atoms with E-state index in [0.29, 0.717) is 0 Å². The number of hydrogen-bond acceptors (Lipinski definition) is 2. The number of hydrogen-bond donors (Lipinski definition) is 0. The van der Waals surface area contributed by atoms with Crippen molar-refractivity contribution in [1.29, 1.82) is 0 Å². The molecule has 2 nitrogen and oxygen atoms in total. The van der Waals surface area contributed by atoms with E-state index in [0.717, 1.165) is 17.0 Å². The number of fused-ring (bicyclic) bond motifs is 1. The quantitative estimate of drug-likeness (QED) is 0.470. The molecule has 0 radical (unpaired) electrons. The van der Waals surface area contributed by atoms with Crippen molar-refractivity contribution in [2.45, 2.75) is 6.92 Å². The Morgan fingerprint density at radius 1 is 1.36 bits per heavy atom. The topological polar surface area (TPSA) is 26.0 Å². The summed E-state index contributed by atoms with van der Waals surface area (Å²) in [4.78, 5) is 4.15. The van der Waals surface area contributed by atoms with Crippen molar-refractivity contribution in [2.75, 3.05) is 0 Å². The van der Waals surface area contributed by atoms with E-state index in [2.05, 4.69) is 4.98 Å². The van der Waals surface area contributed by atoms with Crippen molar-refractivity contribution in [3.05, 3.63) is 30.2 Å². The van der Waals surface area contributed by atoms with E-state index in [1.165, 1.54) is 0 Å². The molecule has 0 bridgehead atoms. The van der Waals surface area contributed by atoms with Gasteiger partial charge in [0.15, 0.2) is 11.5 Å². The smallest absolute Gasteiger partial charge is 1.00 e. The largest absolute Gasteiger partial charge is 1.00 e. The van der Waals surface area contributed by atoms with Crippen molar-refractivity contribution < 1.29 is 35.4 Å². The minimum atomic E-state index is 0. The first-order chi connectivity index (χ1) is 4.86. The van der Waals surface area contributed by atoms with Gasteiger partial charge in [-0.3, -0.25) is 0 Å². The minimum Gasteiger partial charge on any atom is -1.00 e. The van der Waals surface area contributed by atoms with Gasteiger partial charge in [-0.15, -0.1) is 0 Å². The Morgan fingerprint density at radius 3 is 2.82 bits per heavy atom. The number of rotatable bonds is 0. The van der Waals surface area contributed by atoms with Gasteiger partial charge in [0, 0.05) is 6.92 Å². The van der Waals surface area contributed by atoms with Crippen LogP contribution in [0.2, 0.25) is 0 Å². The van der Waals surface area contributed by atoms with Gasteiger partial charge in [0.25, 0.3) is 0 Å². The van der Waals surface area contributed by atoms with Gasteiger partial charge in [-0.05, 0) is 12.1 Å². The third kappa shape index (κ3) is 1.64. The maximum absolute atomic E-state index is 5.26. The molecule has 1 aromatic carbocycles. The molecule has 1 aromatic heterocycles. The van der Waals surface area contributed by atoms with Gasteiger partial charge >= 0.3 is 29.6 Å². The van der Waals surface area contributed by atoms with Crippen LogP contribution in [-0.2, 0) is 0 Å². The Morgan fingerprint density at radius 2 is 2.09 bits per heavy atom. The zero-order chi connectivity index (χ0) is 6.97. The van der Waals surface area contributed by atoms with Gasteiger partial charge in [-0.1, -0.05) is 12.1 Å². The van der Waals surface area contributed by atoms with E-state index >= 15 is 0 Å². The molecule has 0 saturated heterocycles. The first-order valence-electron chi connectivity index (χ1n) is 3.18. The van der Waals surface area contributed by atoms with Gasteiger partial charge in [-0.25, -0.2) is 4.98 Å². The molecule has 0 spiro atoms. The molecule has 0 amide bonds. The van der Waals surface area contributed by atoms with E-state index in [9.17, 15) is 0 Å². The van der Waals surface area contributed by atoms with Crippen LogP contribution in [0.1, 0.15) is 7.32 Å². The molecule has 0 fully saturated rings. The molecule has 1 heterocycles. The standard InChI is InChI=1S/C8H7NO.Na.H/c1-6-9-7-4-2-3-5-8(7)10-6;;/h2-5H,1H3;;/q;+1;-1. The molecule has 2 aromatic rings. The van der Waals surface area contributed by atoms with E-state index in [1.54, 1.807) is 0 Å². The number of benzene rings is 1. The Kier molecular flexibility index (Phi) is 2.71. The van der Waals surface area contributed by atoms with Crippen molar-refractivity contribution in [2.24, 2.45) is 0 Å². The first kappa shape index (κ1) is 8.78. The molecule has 0 aliphatic heterocycles. The zero-order valence-electron chi connectivity index (χ0n) is 7.66. The van der Waals surface area contributed by atoms with Gasteiger partial charge in [0.05, 0.1) is 0 Å². The van der Waals surface area contributed by atoms with E-state index in [4.69, 9.17) is 4.42 Å². The number of aromatic nitrogens is 1. The van der Waals surface area contributed by atoms with E-state index in [-0.39, 0.29) is 31.0 Å².